The molecular formula is C9H11F2NO2. The van der Waals surface area contributed by atoms with Gasteiger partial charge in [-0.15, -0.1) is 0 Å². The Labute approximate surface area is 80.4 Å². The lowest BCUT2D eigenvalue weighted by atomic mass is 10.1. The second-order valence-corrected chi connectivity index (χ2v) is 2.73. The fraction of sp³-hybridized carbons (Fsp3) is 0.333. The molecule has 3 nitrogen and oxygen atoms in total. The minimum Gasteiger partial charge on any atom is -0.435 e. The highest BCUT2D eigenvalue weighted by atomic mass is 19.3. The molecule has 0 spiro atoms. The zero-order valence-corrected chi connectivity index (χ0v) is 7.61. The van der Waals surface area contributed by atoms with Crippen LogP contribution in [0.1, 0.15) is 18.6 Å². The van der Waals surface area contributed by atoms with E-state index in [2.05, 4.69) is 9.57 Å². The first-order chi connectivity index (χ1) is 6.63. The largest absolute Gasteiger partial charge is 0.435 e. The van der Waals surface area contributed by atoms with E-state index in [4.69, 9.17) is 5.90 Å². The Bertz CT molecular complexity index is 277. The summed E-state index contributed by atoms with van der Waals surface area (Å²) in [6, 6.07) is 6.12. The molecule has 0 bridgehead atoms. The average Bonchev–Trinajstić information content (AvgIpc) is 2.17. The van der Waals surface area contributed by atoms with Crippen LogP contribution >= 0.6 is 0 Å². The van der Waals surface area contributed by atoms with Crippen LogP contribution in [0.4, 0.5) is 8.78 Å². The van der Waals surface area contributed by atoms with Crippen LogP contribution in [0.5, 0.6) is 5.75 Å². The van der Waals surface area contributed by atoms with Gasteiger partial charge >= 0.3 is 6.61 Å². The summed E-state index contributed by atoms with van der Waals surface area (Å²) in [5, 5.41) is 0. The lowest BCUT2D eigenvalue weighted by Gasteiger charge is -2.09. The van der Waals surface area contributed by atoms with E-state index >= 15 is 0 Å². The summed E-state index contributed by atoms with van der Waals surface area (Å²) >= 11 is 0. The molecule has 1 aromatic rings. The van der Waals surface area contributed by atoms with Gasteiger partial charge < -0.3 is 4.74 Å². The van der Waals surface area contributed by atoms with Crippen molar-refractivity contribution in [3.05, 3.63) is 29.8 Å². The molecule has 0 amide bonds. The van der Waals surface area contributed by atoms with Crippen LogP contribution in [0.15, 0.2) is 24.3 Å². The van der Waals surface area contributed by atoms with Gasteiger partial charge in [0.1, 0.15) is 11.9 Å². The van der Waals surface area contributed by atoms with E-state index in [1.54, 1.807) is 19.1 Å². The molecule has 0 fully saturated rings. The molecule has 5 heteroatoms. The molecule has 1 atom stereocenters. The first kappa shape index (κ1) is 10.9. The van der Waals surface area contributed by atoms with Gasteiger partial charge in [0.2, 0.25) is 0 Å². The highest BCUT2D eigenvalue weighted by Gasteiger charge is 2.06. The Hall–Kier alpha value is -1.20. The van der Waals surface area contributed by atoms with Crippen molar-refractivity contribution >= 4 is 0 Å². The van der Waals surface area contributed by atoms with Crippen LogP contribution in [0.25, 0.3) is 0 Å². The van der Waals surface area contributed by atoms with E-state index in [1.165, 1.54) is 12.1 Å². The number of ether oxygens (including phenoxy) is 1. The van der Waals surface area contributed by atoms with E-state index in [9.17, 15) is 8.78 Å². The number of hydrogen-bond acceptors (Lipinski definition) is 3. The first-order valence-electron chi connectivity index (χ1n) is 4.04. The van der Waals surface area contributed by atoms with Crippen molar-refractivity contribution in [2.24, 2.45) is 5.90 Å². The number of alkyl halides is 2. The smallest absolute Gasteiger partial charge is 0.387 e. The predicted molar refractivity (Wildman–Crippen MR) is 46.8 cm³/mol. The molecule has 0 aliphatic rings. The molecule has 0 aliphatic heterocycles. The van der Waals surface area contributed by atoms with Crippen molar-refractivity contribution in [2.75, 3.05) is 0 Å². The maximum absolute atomic E-state index is 11.8. The molecule has 0 aliphatic carbocycles. The Balaban J connectivity index is 2.68. The summed E-state index contributed by atoms with van der Waals surface area (Å²) in [5.74, 6) is 5.09. The van der Waals surface area contributed by atoms with Gasteiger partial charge in [-0.2, -0.15) is 8.78 Å². The molecule has 0 saturated carbocycles. The van der Waals surface area contributed by atoms with Gasteiger partial charge in [-0.1, -0.05) is 12.1 Å². The highest BCUT2D eigenvalue weighted by Crippen LogP contribution is 2.19. The third kappa shape index (κ3) is 2.93. The Morgan fingerprint density at radius 2 is 1.79 bits per heavy atom. The second kappa shape index (κ2) is 4.88. The third-order valence-corrected chi connectivity index (χ3v) is 1.78. The monoisotopic (exact) mass is 203 g/mol. The molecule has 14 heavy (non-hydrogen) atoms. The highest BCUT2D eigenvalue weighted by molar-refractivity contribution is 5.28. The van der Waals surface area contributed by atoms with Gasteiger partial charge in [0.05, 0.1) is 0 Å². The molecule has 1 unspecified atom stereocenters. The lowest BCUT2D eigenvalue weighted by molar-refractivity contribution is -0.0498. The van der Waals surface area contributed by atoms with Gasteiger partial charge in [0.25, 0.3) is 0 Å². The Kier molecular flexibility index (Phi) is 3.79. The Morgan fingerprint density at radius 3 is 2.21 bits per heavy atom. The molecule has 1 aromatic carbocycles. The van der Waals surface area contributed by atoms with Crippen molar-refractivity contribution in [3.8, 4) is 5.75 Å². The van der Waals surface area contributed by atoms with Crippen LogP contribution in [0, 0.1) is 0 Å². The zero-order chi connectivity index (χ0) is 10.6. The summed E-state index contributed by atoms with van der Waals surface area (Å²) in [4.78, 5) is 4.57. The quantitative estimate of drug-likeness (QED) is 0.763. The molecular weight excluding hydrogens is 192 g/mol. The standard InChI is InChI=1S/C9H11F2NO2/c1-6(14-12)7-2-4-8(5-3-7)13-9(10)11/h2-6,9H,12H2,1H3. The summed E-state index contributed by atoms with van der Waals surface area (Å²) in [7, 11) is 0. The molecule has 1 rings (SSSR count). The minimum atomic E-state index is -2.80. The average molecular weight is 203 g/mol. The normalized spacial score (nSPS) is 12.9. The first-order valence-corrected chi connectivity index (χ1v) is 4.04. The SMILES string of the molecule is CC(ON)c1ccc(OC(F)F)cc1. The number of nitrogens with two attached hydrogens (primary N) is 1. The molecule has 78 valence electrons. The van der Waals surface area contributed by atoms with Crippen molar-refractivity contribution < 1.29 is 18.4 Å². The molecule has 0 heterocycles. The summed E-state index contributed by atoms with van der Waals surface area (Å²) in [5.41, 5.74) is 0.800. The van der Waals surface area contributed by atoms with Crippen LogP contribution in [0.3, 0.4) is 0 Å². The lowest BCUT2D eigenvalue weighted by Crippen LogP contribution is -2.06. The van der Waals surface area contributed by atoms with Crippen LogP contribution in [-0.4, -0.2) is 6.61 Å². The maximum atomic E-state index is 11.8. The van der Waals surface area contributed by atoms with Crippen LogP contribution in [-0.2, 0) is 4.84 Å². The third-order valence-electron chi connectivity index (χ3n) is 1.78. The minimum absolute atomic E-state index is 0.118. The number of hydrogen-bond donors (Lipinski definition) is 1. The maximum Gasteiger partial charge on any atom is 0.387 e. The summed E-state index contributed by atoms with van der Waals surface area (Å²) in [6.45, 7) is -1.05. The fourth-order valence-electron chi connectivity index (χ4n) is 0.999. The van der Waals surface area contributed by atoms with Gasteiger partial charge in [-0.25, -0.2) is 5.90 Å². The summed E-state index contributed by atoms with van der Waals surface area (Å²) in [6.07, 6.45) is -0.268. The summed E-state index contributed by atoms with van der Waals surface area (Å²) < 4.78 is 27.7. The second-order valence-electron chi connectivity index (χ2n) is 2.73. The predicted octanol–water partition coefficient (Wildman–Crippen LogP) is 2.24. The van der Waals surface area contributed by atoms with Crippen LogP contribution in [0.2, 0.25) is 0 Å². The van der Waals surface area contributed by atoms with E-state index in [1.807, 2.05) is 0 Å². The number of halogens is 2. The van der Waals surface area contributed by atoms with Crippen molar-refractivity contribution in [2.45, 2.75) is 19.6 Å². The molecule has 0 aromatic heterocycles. The van der Waals surface area contributed by atoms with E-state index < -0.39 is 6.61 Å². The van der Waals surface area contributed by atoms with Gasteiger partial charge in [0, 0.05) is 0 Å². The Morgan fingerprint density at radius 1 is 1.21 bits per heavy atom. The zero-order valence-electron chi connectivity index (χ0n) is 7.61. The fourth-order valence-corrected chi connectivity index (χ4v) is 0.999. The number of benzene rings is 1. The van der Waals surface area contributed by atoms with Gasteiger partial charge in [0.15, 0.2) is 0 Å². The molecule has 0 saturated heterocycles. The van der Waals surface area contributed by atoms with E-state index in [0.717, 1.165) is 5.56 Å². The van der Waals surface area contributed by atoms with E-state index in [-0.39, 0.29) is 11.9 Å². The topological polar surface area (TPSA) is 44.5 Å². The van der Waals surface area contributed by atoms with Crippen molar-refractivity contribution in [1.82, 2.24) is 0 Å². The van der Waals surface area contributed by atoms with Crippen LogP contribution < -0.4 is 10.6 Å². The number of rotatable bonds is 4. The van der Waals surface area contributed by atoms with Gasteiger partial charge in [-0.3, -0.25) is 4.84 Å². The van der Waals surface area contributed by atoms with E-state index in [0.29, 0.717) is 0 Å². The van der Waals surface area contributed by atoms with Crippen molar-refractivity contribution in [1.29, 1.82) is 0 Å². The molecule has 2 N–H and O–H groups in total. The van der Waals surface area contributed by atoms with Crippen molar-refractivity contribution in [3.63, 3.8) is 0 Å². The van der Waals surface area contributed by atoms with Gasteiger partial charge in [-0.05, 0) is 24.6 Å². The molecule has 0 radical (unpaired) electrons.